The SMILES string of the molecule is c1ccc(-c2ccc3c(c2)c2cc(-n4c5ccccc5c5ccccc54)cc(-n4c5ccccc5c5ccccc54)c2n3-c2ccc(-n3c4ccccc4c4ccccc43)cc2)cc1. The van der Waals surface area contributed by atoms with E-state index in [-0.39, 0.29) is 0 Å². The van der Waals surface area contributed by atoms with E-state index in [0.29, 0.717) is 0 Å². The van der Waals surface area contributed by atoms with Crippen LogP contribution >= 0.6 is 0 Å². The molecule has 0 saturated heterocycles. The zero-order chi connectivity index (χ0) is 41.9. The maximum absolute atomic E-state index is 2.50. The zero-order valence-corrected chi connectivity index (χ0v) is 34.7. The van der Waals surface area contributed by atoms with Crippen LogP contribution in [0.3, 0.4) is 0 Å². The summed E-state index contributed by atoms with van der Waals surface area (Å²) >= 11 is 0. The number of para-hydroxylation sites is 6. The van der Waals surface area contributed by atoms with Crippen LogP contribution in [-0.2, 0) is 0 Å². The molecule has 0 spiro atoms. The lowest BCUT2D eigenvalue weighted by Gasteiger charge is -2.17. The molecule has 4 aromatic heterocycles. The van der Waals surface area contributed by atoms with Crippen molar-refractivity contribution in [3.63, 3.8) is 0 Å². The van der Waals surface area contributed by atoms with Crippen molar-refractivity contribution in [2.24, 2.45) is 0 Å². The molecule has 0 aliphatic heterocycles. The van der Waals surface area contributed by atoms with Crippen LogP contribution in [0.2, 0.25) is 0 Å². The average Bonchev–Trinajstić information content (AvgIpc) is 4.09. The minimum absolute atomic E-state index is 1.10. The molecule has 0 atom stereocenters. The normalized spacial score (nSPS) is 12.1. The molecule has 0 aliphatic carbocycles. The fourth-order valence-electron chi connectivity index (χ4n) is 10.8. The number of hydrogen-bond acceptors (Lipinski definition) is 0. The Morgan fingerprint density at radius 3 is 1.05 bits per heavy atom. The molecule has 0 amide bonds. The van der Waals surface area contributed by atoms with Gasteiger partial charge in [-0.25, -0.2) is 0 Å². The molecular formula is C60H38N4. The molecule has 0 N–H and O–H groups in total. The molecule has 4 heteroatoms. The number of rotatable bonds is 5. The molecule has 0 fully saturated rings. The second kappa shape index (κ2) is 13.4. The molecule has 10 aromatic carbocycles. The van der Waals surface area contributed by atoms with Crippen molar-refractivity contribution in [1.82, 2.24) is 18.3 Å². The summed E-state index contributed by atoms with van der Waals surface area (Å²) in [6, 6.07) is 84.6. The van der Waals surface area contributed by atoms with Crippen molar-refractivity contribution in [1.29, 1.82) is 0 Å². The zero-order valence-electron chi connectivity index (χ0n) is 34.7. The molecule has 14 aromatic rings. The van der Waals surface area contributed by atoms with E-state index < -0.39 is 0 Å². The summed E-state index contributed by atoms with van der Waals surface area (Å²) in [6.07, 6.45) is 0. The standard InChI is InChI=1S/C60H38N4/c1-2-16-39(17-3-1)40-30-35-58-50(36-40)51-37-43(62-54-26-12-6-20-46(54)47-21-7-13-27-55(47)62)38-59(64-56-28-14-8-22-48(56)49-23-9-15-29-57(49)64)60(51)63(58)42-33-31-41(32-34-42)61-52-24-10-4-18-44(52)45-19-5-11-25-53(45)61/h1-38H. The van der Waals surface area contributed by atoms with E-state index in [4.69, 9.17) is 0 Å². The minimum atomic E-state index is 1.10. The number of benzene rings is 10. The van der Waals surface area contributed by atoms with Gasteiger partial charge in [-0.3, -0.25) is 0 Å². The van der Waals surface area contributed by atoms with Gasteiger partial charge in [-0.15, -0.1) is 0 Å². The second-order valence-corrected chi connectivity index (χ2v) is 16.9. The summed E-state index contributed by atoms with van der Waals surface area (Å²) in [5.74, 6) is 0. The Morgan fingerprint density at radius 2 is 0.578 bits per heavy atom. The third-order valence-electron chi connectivity index (χ3n) is 13.5. The highest BCUT2D eigenvalue weighted by Crippen LogP contribution is 2.44. The number of hydrogen-bond donors (Lipinski definition) is 0. The summed E-state index contributed by atoms with van der Waals surface area (Å²) in [7, 11) is 0. The highest BCUT2D eigenvalue weighted by atomic mass is 15.1. The lowest BCUT2D eigenvalue weighted by atomic mass is 10.0. The van der Waals surface area contributed by atoms with E-state index in [0.717, 1.165) is 33.8 Å². The Kier molecular flexibility index (Phi) is 7.36. The fraction of sp³-hybridized carbons (Fsp3) is 0. The van der Waals surface area contributed by atoms with Gasteiger partial charge in [-0.05, 0) is 96.1 Å². The quantitative estimate of drug-likeness (QED) is 0.165. The van der Waals surface area contributed by atoms with Gasteiger partial charge in [0.05, 0.1) is 49.8 Å². The van der Waals surface area contributed by atoms with Crippen molar-refractivity contribution < 1.29 is 0 Å². The minimum Gasteiger partial charge on any atom is -0.309 e. The van der Waals surface area contributed by atoms with E-state index in [2.05, 4.69) is 249 Å². The lowest BCUT2D eigenvalue weighted by molar-refractivity contribution is 1.11. The van der Waals surface area contributed by atoms with E-state index in [1.165, 1.54) is 87.3 Å². The van der Waals surface area contributed by atoms with Crippen molar-refractivity contribution >= 4 is 87.2 Å². The molecular weight excluding hydrogens is 777 g/mol. The predicted octanol–water partition coefficient (Wildman–Crippen LogP) is 15.7. The van der Waals surface area contributed by atoms with E-state index in [1.807, 2.05) is 0 Å². The van der Waals surface area contributed by atoms with Gasteiger partial charge in [-0.2, -0.15) is 0 Å². The summed E-state index contributed by atoms with van der Waals surface area (Å²) in [5, 5.41) is 9.86. The van der Waals surface area contributed by atoms with Crippen LogP contribution < -0.4 is 0 Å². The van der Waals surface area contributed by atoms with Gasteiger partial charge < -0.3 is 18.3 Å². The predicted molar refractivity (Wildman–Crippen MR) is 269 cm³/mol. The highest BCUT2D eigenvalue weighted by molar-refractivity contribution is 6.17. The Labute approximate surface area is 368 Å². The van der Waals surface area contributed by atoms with Gasteiger partial charge in [0.1, 0.15) is 0 Å². The molecule has 0 aliphatic rings. The number of fused-ring (bicyclic) bond motifs is 12. The first-order chi connectivity index (χ1) is 31.8. The van der Waals surface area contributed by atoms with Crippen LogP contribution in [0.4, 0.5) is 0 Å². The summed E-state index contributed by atoms with van der Waals surface area (Å²) in [6.45, 7) is 0. The summed E-state index contributed by atoms with van der Waals surface area (Å²) in [4.78, 5) is 0. The Bertz CT molecular complexity index is 4020. The smallest absolute Gasteiger partial charge is 0.0784 e. The van der Waals surface area contributed by atoms with Crippen LogP contribution in [0.1, 0.15) is 0 Å². The Hall–Kier alpha value is -8.60. The van der Waals surface area contributed by atoms with E-state index in [9.17, 15) is 0 Å². The monoisotopic (exact) mass is 814 g/mol. The summed E-state index contributed by atoms with van der Waals surface area (Å²) in [5.41, 5.74) is 16.3. The molecule has 0 saturated carbocycles. The van der Waals surface area contributed by atoms with E-state index in [1.54, 1.807) is 0 Å². The first kappa shape index (κ1) is 35.0. The molecule has 0 bridgehead atoms. The maximum Gasteiger partial charge on any atom is 0.0784 e. The van der Waals surface area contributed by atoms with Crippen LogP contribution in [-0.4, -0.2) is 18.3 Å². The van der Waals surface area contributed by atoms with E-state index >= 15 is 0 Å². The molecule has 0 radical (unpaired) electrons. The van der Waals surface area contributed by atoms with Crippen LogP contribution in [0.25, 0.3) is 121 Å². The average molecular weight is 815 g/mol. The van der Waals surface area contributed by atoms with Crippen molar-refractivity contribution in [3.8, 4) is 33.9 Å². The molecule has 14 rings (SSSR count). The Morgan fingerprint density at radius 1 is 0.203 bits per heavy atom. The van der Waals surface area contributed by atoms with Gasteiger partial charge >= 0.3 is 0 Å². The second-order valence-electron chi connectivity index (χ2n) is 16.9. The molecule has 4 heterocycles. The molecule has 64 heavy (non-hydrogen) atoms. The van der Waals surface area contributed by atoms with Crippen molar-refractivity contribution in [2.45, 2.75) is 0 Å². The van der Waals surface area contributed by atoms with Gasteiger partial charge in [0.15, 0.2) is 0 Å². The topological polar surface area (TPSA) is 19.7 Å². The van der Waals surface area contributed by atoms with Gasteiger partial charge in [0.2, 0.25) is 0 Å². The Balaban J connectivity index is 1.12. The molecule has 4 nitrogen and oxygen atoms in total. The first-order valence-electron chi connectivity index (χ1n) is 22.0. The highest BCUT2D eigenvalue weighted by Gasteiger charge is 2.24. The van der Waals surface area contributed by atoms with Crippen LogP contribution in [0, 0.1) is 0 Å². The number of nitrogens with zero attached hydrogens (tertiary/aromatic N) is 4. The largest absolute Gasteiger partial charge is 0.309 e. The van der Waals surface area contributed by atoms with Crippen molar-refractivity contribution in [2.75, 3.05) is 0 Å². The first-order valence-corrected chi connectivity index (χ1v) is 22.0. The van der Waals surface area contributed by atoms with Gasteiger partial charge in [0, 0.05) is 60.2 Å². The fourth-order valence-corrected chi connectivity index (χ4v) is 10.8. The van der Waals surface area contributed by atoms with Crippen LogP contribution in [0.5, 0.6) is 0 Å². The van der Waals surface area contributed by atoms with Crippen molar-refractivity contribution in [3.05, 3.63) is 231 Å². The van der Waals surface area contributed by atoms with Gasteiger partial charge in [-0.1, -0.05) is 146 Å². The van der Waals surface area contributed by atoms with Gasteiger partial charge in [0.25, 0.3) is 0 Å². The summed E-state index contributed by atoms with van der Waals surface area (Å²) < 4.78 is 9.87. The lowest BCUT2D eigenvalue weighted by Crippen LogP contribution is -2.03. The third kappa shape index (κ3) is 4.93. The maximum atomic E-state index is 2.50. The third-order valence-corrected chi connectivity index (χ3v) is 13.5. The van der Waals surface area contributed by atoms with Crippen LogP contribution in [0.15, 0.2) is 231 Å². The molecule has 0 unspecified atom stereocenters. The molecule has 298 valence electrons. The number of aromatic nitrogens is 4.